The van der Waals surface area contributed by atoms with Crippen molar-refractivity contribution in [2.75, 3.05) is 0 Å². The molecular formula is C9H11ClFN. The van der Waals surface area contributed by atoms with Gasteiger partial charge in [-0.05, 0) is 18.6 Å². The Morgan fingerprint density at radius 2 is 2.25 bits per heavy atom. The average molecular weight is 188 g/mol. The number of nitrogens with two attached hydrogens (primary N) is 1. The van der Waals surface area contributed by atoms with Crippen LogP contribution in [0.1, 0.15) is 24.9 Å². The molecule has 1 rings (SSSR count). The van der Waals surface area contributed by atoms with Crippen LogP contribution >= 0.6 is 11.6 Å². The molecule has 0 fully saturated rings. The van der Waals surface area contributed by atoms with Crippen LogP contribution in [-0.2, 0) is 0 Å². The van der Waals surface area contributed by atoms with Crippen molar-refractivity contribution < 1.29 is 4.39 Å². The summed E-state index contributed by atoms with van der Waals surface area (Å²) >= 11 is 5.58. The molecular weight excluding hydrogens is 177 g/mol. The molecule has 1 aromatic carbocycles. The van der Waals surface area contributed by atoms with E-state index in [1.165, 1.54) is 6.07 Å². The van der Waals surface area contributed by atoms with Crippen LogP contribution in [-0.4, -0.2) is 0 Å². The van der Waals surface area contributed by atoms with Crippen molar-refractivity contribution in [2.45, 2.75) is 19.4 Å². The SMILES string of the molecule is CC[C@H](N)c1ccc(Cl)cc1F. The standard InChI is InChI=1S/C9H11ClFN/c1-2-9(12)7-4-3-6(10)5-8(7)11/h3-5,9H,2,12H2,1H3/t9-/m0/s1. The molecule has 0 radical (unpaired) electrons. The molecule has 1 atom stereocenters. The second kappa shape index (κ2) is 3.87. The first-order valence-electron chi connectivity index (χ1n) is 3.85. The van der Waals surface area contributed by atoms with Crippen molar-refractivity contribution in [3.63, 3.8) is 0 Å². The fraction of sp³-hybridized carbons (Fsp3) is 0.333. The van der Waals surface area contributed by atoms with Gasteiger partial charge in [-0.1, -0.05) is 24.6 Å². The van der Waals surface area contributed by atoms with Crippen LogP contribution in [0.3, 0.4) is 0 Å². The molecule has 66 valence electrons. The van der Waals surface area contributed by atoms with Crippen molar-refractivity contribution in [1.82, 2.24) is 0 Å². The maximum Gasteiger partial charge on any atom is 0.129 e. The summed E-state index contributed by atoms with van der Waals surface area (Å²) in [6.07, 6.45) is 0.721. The maximum absolute atomic E-state index is 13.1. The largest absolute Gasteiger partial charge is 0.324 e. The fourth-order valence-corrected chi connectivity index (χ4v) is 1.18. The first-order chi connectivity index (χ1) is 5.65. The fourth-order valence-electron chi connectivity index (χ4n) is 1.02. The van der Waals surface area contributed by atoms with Gasteiger partial charge in [0.25, 0.3) is 0 Å². The van der Waals surface area contributed by atoms with Crippen molar-refractivity contribution in [2.24, 2.45) is 5.73 Å². The van der Waals surface area contributed by atoms with E-state index in [0.29, 0.717) is 10.6 Å². The van der Waals surface area contributed by atoms with Crippen LogP contribution in [0.5, 0.6) is 0 Å². The van der Waals surface area contributed by atoms with Gasteiger partial charge in [0.2, 0.25) is 0 Å². The van der Waals surface area contributed by atoms with E-state index in [-0.39, 0.29) is 11.9 Å². The zero-order chi connectivity index (χ0) is 9.14. The van der Waals surface area contributed by atoms with E-state index in [1.54, 1.807) is 12.1 Å². The molecule has 12 heavy (non-hydrogen) atoms. The Balaban J connectivity index is 3.01. The maximum atomic E-state index is 13.1. The second-order valence-electron chi connectivity index (χ2n) is 2.68. The first-order valence-corrected chi connectivity index (χ1v) is 4.23. The quantitative estimate of drug-likeness (QED) is 0.757. The second-order valence-corrected chi connectivity index (χ2v) is 3.12. The van der Waals surface area contributed by atoms with Gasteiger partial charge in [0.15, 0.2) is 0 Å². The van der Waals surface area contributed by atoms with Crippen molar-refractivity contribution in [3.8, 4) is 0 Å². The van der Waals surface area contributed by atoms with Gasteiger partial charge in [-0.15, -0.1) is 0 Å². The third-order valence-electron chi connectivity index (χ3n) is 1.80. The predicted octanol–water partition coefficient (Wildman–Crippen LogP) is 2.89. The lowest BCUT2D eigenvalue weighted by molar-refractivity contribution is 0.575. The molecule has 0 unspecified atom stereocenters. The molecule has 2 N–H and O–H groups in total. The Bertz CT molecular complexity index is 275. The van der Waals surface area contributed by atoms with Crippen LogP contribution < -0.4 is 5.73 Å². The molecule has 3 heteroatoms. The molecule has 0 aliphatic heterocycles. The van der Waals surface area contributed by atoms with E-state index >= 15 is 0 Å². The summed E-state index contributed by atoms with van der Waals surface area (Å²) < 4.78 is 13.1. The summed E-state index contributed by atoms with van der Waals surface area (Å²) in [4.78, 5) is 0. The molecule has 0 amide bonds. The smallest absolute Gasteiger partial charge is 0.129 e. The van der Waals surface area contributed by atoms with E-state index < -0.39 is 0 Å². The van der Waals surface area contributed by atoms with E-state index in [4.69, 9.17) is 17.3 Å². The highest BCUT2D eigenvalue weighted by atomic mass is 35.5. The summed E-state index contributed by atoms with van der Waals surface area (Å²) in [5, 5.41) is 0.402. The van der Waals surface area contributed by atoms with E-state index in [2.05, 4.69) is 0 Å². The minimum atomic E-state index is -0.322. The Labute approximate surface area is 76.3 Å². The van der Waals surface area contributed by atoms with E-state index in [0.717, 1.165) is 6.42 Å². The Hall–Kier alpha value is -0.600. The summed E-state index contributed by atoms with van der Waals surface area (Å²) in [6.45, 7) is 1.92. The van der Waals surface area contributed by atoms with Gasteiger partial charge in [0.1, 0.15) is 5.82 Å². The molecule has 1 nitrogen and oxygen atoms in total. The monoisotopic (exact) mass is 187 g/mol. The molecule has 0 bridgehead atoms. The van der Waals surface area contributed by atoms with Gasteiger partial charge in [-0.2, -0.15) is 0 Å². The number of rotatable bonds is 2. The predicted molar refractivity (Wildman–Crippen MR) is 48.6 cm³/mol. The Morgan fingerprint density at radius 1 is 1.58 bits per heavy atom. The highest BCUT2D eigenvalue weighted by molar-refractivity contribution is 6.30. The third kappa shape index (κ3) is 1.96. The molecule has 0 aliphatic rings. The number of hydrogen-bond acceptors (Lipinski definition) is 1. The molecule has 0 saturated heterocycles. The van der Waals surface area contributed by atoms with Gasteiger partial charge >= 0.3 is 0 Å². The van der Waals surface area contributed by atoms with Gasteiger partial charge in [0.05, 0.1) is 0 Å². The van der Waals surface area contributed by atoms with E-state index in [1.807, 2.05) is 6.92 Å². The van der Waals surface area contributed by atoms with Crippen LogP contribution in [0, 0.1) is 5.82 Å². The van der Waals surface area contributed by atoms with Crippen molar-refractivity contribution >= 4 is 11.6 Å². The zero-order valence-electron chi connectivity index (χ0n) is 6.85. The average Bonchev–Trinajstić information content (AvgIpc) is 2.03. The minimum Gasteiger partial charge on any atom is -0.324 e. The van der Waals surface area contributed by atoms with Crippen LogP contribution in [0.4, 0.5) is 4.39 Å². The number of halogens is 2. The minimum absolute atomic E-state index is 0.234. The van der Waals surface area contributed by atoms with Gasteiger partial charge in [-0.25, -0.2) is 4.39 Å². The lowest BCUT2D eigenvalue weighted by Crippen LogP contribution is -2.10. The van der Waals surface area contributed by atoms with Crippen molar-refractivity contribution in [1.29, 1.82) is 0 Å². The van der Waals surface area contributed by atoms with Gasteiger partial charge in [-0.3, -0.25) is 0 Å². The number of hydrogen-bond donors (Lipinski definition) is 1. The molecule has 1 aromatic rings. The molecule has 0 spiro atoms. The van der Waals surface area contributed by atoms with Crippen LogP contribution in [0.25, 0.3) is 0 Å². The highest BCUT2D eigenvalue weighted by Crippen LogP contribution is 2.20. The van der Waals surface area contributed by atoms with Crippen LogP contribution in [0.15, 0.2) is 18.2 Å². The zero-order valence-corrected chi connectivity index (χ0v) is 7.61. The molecule has 0 aromatic heterocycles. The lowest BCUT2D eigenvalue weighted by atomic mass is 10.1. The molecule has 0 saturated carbocycles. The summed E-state index contributed by atoms with van der Waals surface area (Å²) in [6, 6.07) is 4.33. The van der Waals surface area contributed by atoms with Gasteiger partial charge < -0.3 is 5.73 Å². The lowest BCUT2D eigenvalue weighted by Gasteiger charge is -2.09. The van der Waals surface area contributed by atoms with E-state index in [9.17, 15) is 4.39 Å². The highest BCUT2D eigenvalue weighted by Gasteiger charge is 2.08. The van der Waals surface area contributed by atoms with Crippen LogP contribution in [0.2, 0.25) is 5.02 Å². The Kier molecular flexibility index (Phi) is 3.06. The van der Waals surface area contributed by atoms with Gasteiger partial charge in [0, 0.05) is 16.6 Å². The third-order valence-corrected chi connectivity index (χ3v) is 2.04. The molecule has 0 heterocycles. The summed E-state index contributed by atoms with van der Waals surface area (Å²) in [5.41, 5.74) is 6.19. The van der Waals surface area contributed by atoms with Crippen molar-refractivity contribution in [3.05, 3.63) is 34.6 Å². The normalized spacial score (nSPS) is 13.0. The summed E-state index contributed by atoms with van der Waals surface area (Å²) in [7, 11) is 0. The molecule has 0 aliphatic carbocycles. The first kappa shape index (κ1) is 9.49. The Morgan fingerprint density at radius 3 is 2.75 bits per heavy atom. The topological polar surface area (TPSA) is 26.0 Å². The number of benzene rings is 1. The summed E-state index contributed by atoms with van der Waals surface area (Å²) in [5.74, 6) is -0.322.